The van der Waals surface area contributed by atoms with E-state index < -0.39 is 5.41 Å². The molecule has 1 aromatic carbocycles. The van der Waals surface area contributed by atoms with Crippen molar-refractivity contribution >= 4 is 0 Å². The van der Waals surface area contributed by atoms with Crippen molar-refractivity contribution in [3.05, 3.63) is 23.8 Å². The summed E-state index contributed by atoms with van der Waals surface area (Å²) in [6.45, 7) is 0. The van der Waals surface area contributed by atoms with Crippen LogP contribution in [0.25, 0.3) is 0 Å². The summed E-state index contributed by atoms with van der Waals surface area (Å²) in [5.74, 6) is 1.06. The Morgan fingerprint density at radius 2 is 1.75 bits per heavy atom. The van der Waals surface area contributed by atoms with E-state index in [1.54, 1.807) is 18.2 Å². The highest BCUT2D eigenvalue weighted by Gasteiger charge is 2.32. The van der Waals surface area contributed by atoms with Crippen molar-refractivity contribution in [3.8, 4) is 29.7 Å². The molecule has 0 N–H and O–H groups in total. The third-order valence-corrected chi connectivity index (χ3v) is 3.19. The van der Waals surface area contributed by atoms with E-state index in [1.165, 1.54) is 14.2 Å². The van der Waals surface area contributed by atoms with Crippen LogP contribution in [-0.4, -0.2) is 14.2 Å². The lowest BCUT2D eigenvalue weighted by molar-refractivity contribution is 0.353. The van der Waals surface area contributed by atoms with Crippen LogP contribution in [0.15, 0.2) is 18.2 Å². The number of rotatable bonds is 6. The molecule has 0 saturated carbocycles. The molecular formula is C15H15N3O2. The fourth-order valence-corrected chi connectivity index (χ4v) is 2.03. The van der Waals surface area contributed by atoms with Gasteiger partial charge in [-0.2, -0.15) is 15.8 Å². The Labute approximate surface area is 118 Å². The fourth-order valence-electron chi connectivity index (χ4n) is 2.03. The van der Waals surface area contributed by atoms with Crippen LogP contribution in [-0.2, 0) is 5.41 Å². The van der Waals surface area contributed by atoms with Gasteiger partial charge >= 0.3 is 0 Å². The Morgan fingerprint density at radius 1 is 1.05 bits per heavy atom. The molecule has 5 heteroatoms. The van der Waals surface area contributed by atoms with Crippen molar-refractivity contribution in [3.63, 3.8) is 0 Å². The predicted octanol–water partition coefficient (Wildman–Crippen LogP) is 2.68. The summed E-state index contributed by atoms with van der Waals surface area (Å²) in [6.07, 6.45) is 0.549. The zero-order chi connectivity index (χ0) is 15.0. The lowest BCUT2D eigenvalue weighted by atomic mass is 9.75. The van der Waals surface area contributed by atoms with E-state index >= 15 is 0 Å². The molecule has 0 saturated heterocycles. The Hall–Kier alpha value is -2.71. The van der Waals surface area contributed by atoms with Crippen LogP contribution >= 0.6 is 0 Å². The number of hydrogen-bond acceptors (Lipinski definition) is 5. The minimum absolute atomic E-state index is 0.0284. The third-order valence-electron chi connectivity index (χ3n) is 3.19. The first-order valence-corrected chi connectivity index (χ1v) is 6.05. The number of nitrogens with zero attached hydrogens (tertiary/aromatic N) is 3. The van der Waals surface area contributed by atoms with E-state index in [4.69, 9.17) is 20.0 Å². The molecule has 0 aliphatic carbocycles. The van der Waals surface area contributed by atoms with Crippen LogP contribution in [0.2, 0.25) is 0 Å². The van der Waals surface area contributed by atoms with E-state index in [0.717, 1.165) is 0 Å². The monoisotopic (exact) mass is 269 g/mol. The Balaban J connectivity index is 3.31. The summed E-state index contributed by atoms with van der Waals surface area (Å²) in [5, 5.41) is 27.2. The van der Waals surface area contributed by atoms with E-state index in [0.29, 0.717) is 23.5 Å². The molecule has 0 amide bonds. The maximum atomic E-state index is 9.50. The quantitative estimate of drug-likeness (QED) is 0.791. The molecule has 1 unspecified atom stereocenters. The van der Waals surface area contributed by atoms with Gasteiger partial charge in [-0.05, 0) is 24.1 Å². The van der Waals surface area contributed by atoms with Crippen molar-refractivity contribution < 1.29 is 9.47 Å². The molecular weight excluding hydrogens is 254 g/mol. The molecule has 0 aliphatic rings. The fraction of sp³-hybridized carbons (Fsp3) is 0.400. The SMILES string of the molecule is COc1ccc(C(C#N)(CC#N)CCC#N)cc1OC. The molecule has 1 aromatic rings. The van der Waals surface area contributed by atoms with Crippen LogP contribution in [0, 0.1) is 34.0 Å². The zero-order valence-corrected chi connectivity index (χ0v) is 11.5. The smallest absolute Gasteiger partial charge is 0.161 e. The summed E-state index contributed by atoms with van der Waals surface area (Å²) in [6, 6.07) is 11.4. The van der Waals surface area contributed by atoms with Crippen molar-refractivity contribution in [2.45, 2.75) is 24.7 Å². The second kappa shape index (κ2) is 7.02. The van der Waals surface area contributed by atoms with Gasteiger partial charge in [0.05, 0.1) is 44.3 Å². The van der Waals surface area contributed by atoms with Gasteiger partial charge in [-0.25, -0.2) is 0 Å². The number of nitriles is 3. The molecule has 1 rings (SSSR count). The first-order chi connectivity index (χ1) is 9.67. The first kappa shape index (κ1) is 15.3. The predicted molar refractivity (Wildman–Crippen MR) is 71.9 cm³/mol. The van der Waals surface area contributed by atoms with Gasteiger partial charge in [0.1, 0.15) is 0 Å². The van der Waals surface area contributed by atoms with E-state index in [2.05, 4.69) is 6.07 Å². The van der Waals surface area contributed by atoms with Crippen molar-refractivity contribution in [2.75, 3.05) is 14.2 Å². The average molecular weight is 269 g/mol. The van der Waals surface area contributed by atoms with Gasteiger partial charge in [0.2, 0.25) is 0 Å². The summed E-state index contributed by atoms with van der Waals surface area (Å²) in [7, 11) is 3.04. The lowest BCUT2D eigenvalue weighted by Gasteiger charge is -2.24. The minimum atomic E-state index is -0.996. The topological polar surface area (TPSA) is 89.8 Å². The molecule has 1 atom stereocenters. The second-order valence-corrected chi connectivity index (χ2v) is 4.26. The molecule has 0 aromatic heterocycles. The lowest BCUT2D eigenvalue weighted by Crippen LogP contribution is -2.23. The van der Waals surface area contributed by atoms with Crippen LogP contribution < -0.4 is 9.47 Å². The van der Waals surface area contributed by atoms with Gasteiger partial charge in [-0.3, -0.25) is 0 Å². The number of ether oxygens (including phenoxy) is 2. The highest BCUT2D eigenvalue weighted by molar-refractivity contribution is 5.47. The number of hydrogen-bond donors (Lipinski definition) is 0. The van der Waals surface area contributed by atoms with Gasteiger partial charge in [0, 0.05) is 6.42 Å². The van der Waals surface area contributed by atoms with Crippen LogP contribution in [0.3, 0.4) is 0 Å². The Morgan fingerprint density at radius 3 is 2.25 bits per heavy atom. The molecule has 0 radical (unpaired) electrons. The largest absolute Gasteiger partial charge is 0.493 e. The van der Waals surface area contributed by atoms with Crippen LogP contribution in [0.4, 0.5) is 0 Å². The van der Waals surface area contributed by atoms with E-state index in [-0.39, 0.29) is 12.8 Å². The molecule has 0 spiro atoms. The van der Waals surface area contributed by atoms with Crippen LogP contribution in [0.5, 0.6) is 11.5 Å². The average Bonchev–Trinajstić information content (AvgIpc) is 2.50. The maximum absolute atomic E-state index is 9.50. The molecule has 102 valence electrons. The molecule has 5 nitrogen and oxygen atoms in total. The second-order valence-electron chi connectivity index (χ2n) is 4.26. The Kier molecular flexibility index (Phi) is 5.39. The first-order valence-electron chi connectivity index (χ1n) is 6.05. The molecule has 0 heterocycles. The Bertz CT molecular complexity index is 593. The standard InChI is InChI=1S/C15H15N3O2/c1-19-13-5-4-12(10-14(13)20-2)15(11-18,7-9-17)6-3-8-16/h4-5,10H,3,6-7H2,1-2H3. The van der Waals surface area contributed by atoms with Crippen molar-refractivity contribution in [2.24, 2.45) is 0 Å². The van der Waals surface area contributed by atoms with E-state index in [1.807, 2.05) is 12.1 Å². The summed E-state index contributed by atoms with van der Waals surface area (Å²) in [5.41, 5.74) is -0.334. The zero-order valence-electron chi connectivity index (χ0n) is 11.5. The number of benzene rings is 1. The van der Waals surface area contributed by atoms with Gasteiger partial charge in [-0.1, -0.05) is 6.07 Å². The van der Waals surface area contributed by atoms with Gasteiger partial charge in [0.15, 0.2) is 11.5 Å². The highest BCUT2D eigenvalue weighted by Crippen LogP contribution is 2.37. The molecule has 0 fully saturated rings. The van der Waals surface area contributed by atoms with Crippen LogP contribution in [0.1, 0.15) is 24.8 Å². The number of methoxy groups -OCH3 is 2. The molecule has 0 aliphatic heterocycles. The summed E-state index contributed by atoms with van der Waals surface area (Å²) in [4.78, 5) is 0. The minimum Gasteiger partial charge on any atom is -0.493 e. The third kappa shape index (κ3) is 2.99. The molecule has 20 heavy (non-hydrogen) atoms. The highest BCUT2D eigenvalue weighted by atomic mass is 16.5. The molecule has 0 bridgehead atoms. The van der Waals surface area contributed by atoms with Gasteiger partial charge in [0.25, 0.3) is 0 Å². The van der Waals surface area contributed by atoms with Gasteiger partial charge in [-0.15, -0.1) is 0 Å². The maximum Gasteiger partial charge on any atom is 0.161 e. The summed E-state index contributed by atoms with van der Waals surface area (Å²) < 4.78 is 10.4. The van der Waals surface area contributed by atoms with Gasteiger partial charge < -0.3 is 9.47 Å². The normalized spacial score (nSPS) is 12.3. The summed E-state index contributed by atoms with van der Waals surface area (Å²) >= 11 is 0. The van der Waals surface area contributed by atoms with Crippen molar-refractivity contribution in [1.29, 1.82) is 15.8 Å². The van der Waals surface area contributed by atoms with E-state index in [9.17, 15) is 5.26 Å². The van der Waals surface area contributed by atoms with Crippen molar-refractivity contribution in [1.82, 2.24) is 0 Å².